The number of carbonyl (C=O) groups is 2. The Morgan fingerprint density at radius 1 is 1.23 bits per heavy atom. The van der Waals surface area contributed by atoms with E-state index in [1.165, 1.54) is 14.2 Å². The van der Waals surface area contributed by atoms with Gasteiger partial charge in [0, 0.05) is 20.6 Å². The van der Waals surface area contributed by atoms with Gasteiger partial charge in [-0.2, -0.15) is 0 Å². The Kier molecular flexibility index (Phi) is 7.67. The summed E-state index contributed by atoms with van der Waals surface area (Å²) < 4.78 is 37.5. The third kappa shape index (κ3) is 5.07. The van der Waals surface area contributed by atoms with Crippen molar-refractivity contribution in [3.05, 3.63) is 35.9 Å². The van der Waals surface area contributed by atoms with Crippen LogP contribution in [-0.4, -0.2) is 56.8 Å². The number of hydrogen-bond acceptors (Lipinski definition) is 6. The third-order valence-corrected chi connectivity index (χ3v) is 6.77. The highest BCUT2D eigenvalue weighted by molar-refractivity contribution is 5.87. The molecule has 1 N–H and O–H groups in total. The molecule has 2 fully saturated rings. The number of nitrogens with one attached hydrogen (secondary N) is 1. The molecule has 0 spiro atoms. The lowest BCUT2D eigenvalue weighted by atomic mass is 9.82. The minimum atomic E-state index is -1.29. The van der Waals surface area contributed by atoms with E-state index in [0.717, 1.165) is 5.56 Å². The smallest absolute Gasteiger partial charge is 0.408 e. The monoisotopic (exact) mass is 437 g/mol. The van der Waals surface area contributed by atoms with E-state index in [2.05, 4.69) is 5.32 Å². The summed E-state index contributed by atoms with van der Waals surface area (Å²) in [5.74, 6) is -2.59. The molecule has 6 atom stereocenters. The number of methoxy groups -OCH3 is 2. The summed E-state index contributed by atoms with van der Waals surface area (Å²) >= 11 is 0. The van der Waals surface area contributed by atoms with E-state index in [1.807, 2.05) is 37.3 Å². The van der Waals surface area contributed by atoms with E-state index in [1.54, 1.807) is 6.92 Å². The topological polar surface area (TPSA) is 83.1 Å². The fourth-order valence-corrected chi connectivity index (χ4v) is 4.51. The third-order valence-electron chi connectivity index (χ3n) is 6.77. The van der Waals surface area contributed by atoms with E-state index in [-0.39, 0.29) is 37.3 Å². The molecule has 2 unspecified atom stereocenters. The highest BCUT2D eigenvalue weighted by Crippen LogP contribution is 2.43. The van der Waals surface area contributed by atoms with Crippen LogP contribution in [0, 0.1) is 17.8 Å². The number of Topliss-reactive ketones (excluding diaryl/α,β-unsaturated/α-hetero) is 1. The van der Waals surface area contributed by atoms with Crippen LogP contribution in [0.1, 0.15) is 32.3 Å². The zero-order valence-corrected chi connectivity index (χ0v) is 18.5. The predicted octanol–water partition coefficient (Wildman–Crippen LogP) is 3.26. The molecule has 3 rings (SSSR count). The van der Waals surface area contributed by atoms with Crippen molar-refractivity contribution in [3.63, 3.8) is 0 Å². The summed E-state index contributed by atoms with van der Waals surface area (Å²) in [4.78, 5) is 25.6. The average molecular weight is 438 g/mol. The Morgan fingerprint density at radius 2 is 1.90 bits per heavy atom. The molecule has 8 heteroatoms. The largest absolute Gasteiger partial charge is 0.445 e. The van der Waals surface area contributed by atoms with E-state index >= 15 is 4.39 Å². The van der Waals surface area contributed by atoms with Gasteiger partial charge < -0.3 is 24.3 Å². The van der Waals surface area contributed by atoms with Crippen LogP contribution < -0.4 is 5.32 Å². The maximum Gasteiger partial charge on any atom is 0.408 e. The molecule has 31 heavy (non-hydrogen) atoms. The van der Waals surface area contributed by atoms with Gasteiger partial charge in [0.2, 0.25) is 0 Å². The Balaban J connectivity index is 1.75. The first-order valence-corrected chi connectivity index (χ1v) is 10.7. The van der Waals surface area contributed by atoms with Crippen molar-refractivity contribution in [2.45, 2.75) is 57.4 Å². The van der Waals surface area contributed by atoms with Gasteiger partial charge in [0.25, 0.3) is 0 Å². The second kappa shape index (κ2) is 10.1. The minimum absolute atomic E-state index is 0.0319. The molecular weight excluding hydrogens is 405 g/mol. The van der Waals surface area contributed by atoms with Crippen LogP contribution in [0.4, 0.5) is 9.18 Å². The van der Waals surface area contributed by atoms with Crippen molar-refractivity contribution >= 4 is 11.9 Å². The molecule has 1 aliphatic carbocycles. The second-order valence-corrected chi connectivity index (χ2v) is 8.55. The zero-order chi connectivity index (χ0) is 22.6. The van der Waals surface area contributed by atoms with E-state index < -0.39 is 36.1 Å². The summed E-state index contributed by atoms with van der Waals surface area (Å²) in [6, 6.07) is 8.48. The normalized spacial score (nSPS) is 33.0. The number of fused-ring (bicyclic) bond motifs is 1. The first-order chi connectivity index (χ1) is 14.8. The van der Waals surface area contributed by atoms with Crippen molar-refractivity contribution < 1.29 is 32.9 Å². The Labute approximate surface area is 182 Å². The predicted molar refractivity (Wildman–Crippen MR) is 111 cm³/mol. The number of amides is 1. The van der Waals surface area contributed by atoms with Gasteiger partial charge in [-0.25, -0.2) is 9.18 Å². The van der Waals surface area contributed by atoms with Crippen LogP contribution >= 0.6 is 0 Å². The van der Waals surface area contributed by atoms with Crippen LogP contribution in [0.2, 0.25) is 0 Å². The fraction of sp³-hybridized carbons (Fsp3) is 0.652. The number of alkyl carbamates (subject to hydrolysis) is 1. The van der Waals surface area contributed by atoms with E-state index in [9.17, 15) is 9.59 Å². The number of rotatable bonds is 5. The van der Waals surface area contributed by atoms with Crippen LogP contribution in [0.25, 0.3) is 0 Å². The van der Waals surface area contributed by atoms with Gasteiger partial charge in [-0.3, -0.25) is 4.79 Å². The summed E-state index contributed by atoms with van der Waals surface area (Å²) in [6.07, 6.45) is -2.50. The molecule has 1 saturated carbocycles. The van der Waals surface area contributed by atoms with Crippen molar-refractivity contribution in [1.29, 1.82) is 0 Å². The molecule has 2 aliphatic rings. The lowest BCUT2D eigenvalue weighted by molar-refractivity contribution is -0.226. The molecule has 0 bridgehead atoms. The first kappa shape index (κ1) is 23.6. The average Bonchev–Trinajstić information content (AvgIpc) is 3.15. The standard InChI is InChI=1S/C23H32FNO6/c1-14-10-18(25-22(27)30-12-16-8-6-5-7-9-16)19(26)11-17-21(20(24)15(14)2)31-13-23(17,28-3)29-4/h5-9,14-15,17-18,20-21H,10-13H2,1-4H3,(H,25,27)/t14?,15?,17-,18-,20-,21-/m0/s1. The van der Waals surface area contributed by atoms with Crippen molar-refractivity contribution in [1.82, 2.24) is 5.32 Å². The number of benzene rings is 1. The molecule has 7 nitrogen and oxygen atoms in total. The molecular formula is C23H32FNO6. The Hall–Kier alpha value is -2.03. The van der Waals surface area contributed by atoms with Crippen LogP contribution in [0.15, 0.2) is 30.3 Å². The Bertz CT molecular complexity index is 756. The maximum absolute atomic E-state index is 15.4. The molecule has 1 aromatic carbocycles. The SMILES string of the molecule is COC1(OC)CO[C@@H]2[C@@H](F)C(C)C(C)C[C@H](NC(=O)OCc3ccccc3)C(=O)C[C@@H]21. The fourth-order valence-electron chi connectivity index (χ4n) is 4.51. The maximum atomic E-state index is 15.4. The summed E-state index contributed by atoms with van der Waals surface area (Å²) in [6.45, 7) is 3.82. The molecule has 172 valence electrons. The molecule has 1 aliphatic heterocycles. The number of ketones is 1. The molecule has 1 amide bonds. The molecule has 1 aromatic rings. The minimum Gasteiger partial charge on any atom is -0.445 e. The Morgan fingerprint density at radius 3 is 2.55 bits per heavy atom. The molecule has 1 heterocycles. The van der Waals surface area contributed by atoms with Gasteiger partial charge >= 0.3 is 6.09 Å². The van der Waals surface area contributed by atoms with Gasteiger partial charge in [0.1, 0.15) is 19.4 Å². The van der Waals surface area contributed by atoms with Gasteiger partial charge in [-0.15, -0.1) is 0 Å². The van der Waals surface area contributed by atoms with Crippen LogP contribution in [0.5, 0.6) is 0 Å². The van der Waals surface area contributed by atoms with Crippen molar-refractivity contribution in [2.75, 3.05) is 20.8 Å². The number of ether oxygens (including phenoxy) is 4. The van der Waals surface area contributed by atoms with Crippen molar-refractivity contribution in [3.8, 4) is 0 Å². The van der Waals surface area contributed by atoms with E-state index in [4.69, 9.17) is 18.9 Å². The summed E-state index contributed by atoms with van der Waals surface area (Å²) in [5, 5.41) is 2.69. The number of halogens is 1. The first-order valence-electron chi connectivity index (χ1n) is 10.7. The lowest BCUT2D eigenvalue weighted by Crippen LogP contribution is -2.48. The number of hydrogen-bond donors (Lipinski definition) is 1. The van der Waals surface area contributed by atoms with Gasteiger partial charge in [0.05, 0.1) is 18.1 Å². The molecule has 0 aromatic heterocycles. The van der Waals surface area contributed by atoms with Gasteiger partial charge in [0.15, 0.2) is 11.6 Å². The lowest BCUT2D eigenvalue weighted by Gasteiger charge is -2.34. The highest BCUT2D eigenvalue weighted by Gasteiger charge is 2.56. The highest BCUT2D eigenvalue weighted by atomic mass is 19.1. The second-order valence-electron chi connectivity index (χ2n) is 8.55. The molecule has 0 radical (unpaired) electrons. The number of carbonyl (C=O) groups excluding carboxylic acids is 2. The number of alkyl halides is 1. The van der Waals surface area contributed by atoms with Gasteiger partial charge in [-0.05, 0) is 23.8 Å². The van der Waals surface area contributed by atoms with Crippen LogP contribution in [0.3, 0.4) is 0 Å². The van der Waals surface area contributed by atoms with E-state index in [0.29, 0.717) is 6.42 Å². The van der Waals surface area contributed by atoms with Gasteiger partial charge in [-0.1, -0.05) is 44.2 Å². The van der Waals surface area contributed by atoms with Crippen molar-refractivity contribution in [2.24, 2.45) is 17.8 Å². The molecule has 1 saturated heterocycles. The summed E-state index contributed by atoms with van der Waals surface area (Å²) in [5.41, 5.74) is 0.844. The van der Waals surface area contributed by atoms with Crippen LogP contribution in [-0.2, 0) is 30.3 Å². The zero-order valence-electron chi connectivity index (χ0n) is 18.5. The summed E-state index contributed by atoms with van der Waals surface area (Å²) in [7, 11) is 2.92. The quantitative estimate of drug-likeness (QED) is 0.712.